The molecule has 1 aromatic carbocycles. The predicted octanol–water partition coefficient (Wildman–Crippen LogP) is 10.3. The summed E-state index contributed by atoms with van der Waals surface area (Å²) in [5.74, 6) is 0.355. The van der Waals surface area contributed by atoms with Gasteiger partial charge < -0.3 is 9.88 Å². The Bertz CT molecular complexity index is 1000. The third-order valence-electron chi connectivity index (χ3n) is 5.84. The van der Waals surface area contributed by atoms with Gasteiger partial charge in [-0.3, -0.25) is 9.78 Å². The minimum atomic E-state index is 0. The van der Waals surface area contributed by atoms with Crippen molar-refractivity contribution in [2.75, 3.05) is 26.2 Å². The van der Waals surface area contributed by atoms with Crippen molar-refractivity contribution < 1.29 is 9.37 Å². The van der Waals surface area contributed by atoms with Gasteiger partial charge in [0, 0.05) is 44.3 Å². The zero-order chi connectivity index (χ0) is 31.1. The summed E-state index contributed by atoms with van der Waals surface area (Å²) in [4.78, 5) is 27.3. The van der Waals surface area contributed by atoms with E-state index in [1.54, 1.807) is 24.9 Å². The van der Waals surface area contributed by atoms with E-state index in [4.69, 9.17) is 0 Å². The molecule has 46 heavy (non-hydrogen) atoms. The predicted molar refractivity (Wildman–Crippen MR) is 206 cm³/mol. The summed E-state index contributed by atoms with van der Waals surface area (Å²) in [7, 11) is 0. The summed E-state index contributed by atoms with van der Waals surface area (Å²) in [5.41, 5.74) is 2.62. The van der Waals surface area contributed by atoms with Crippen LogP contribution in [0.5, 0.6) is 0 Å². The van der Waals surface area contributed by atoms with E-state index in [2.05, 4.69) is 89.6 Å². The molecule has 4 heterocycles. The van der Waals surface area contributed by atoms with Gasteiger partial charge in [-0.25, -0.2) is 9.56 Å². The number of hydrogen-bond donors (Lipinski definition) is 1. The largest absolute Gasteiger partial charge is 0.351 e. The quantitative estimate of drug-likeness (QED) is 0.261. The van der Waals surface area contributed by atoms with Crippen molar-refractivity contribution in [2.45, 2.75) is 123 Å². The first kappa shape index (κ1) is 51.9. The molecule has 0 atom stereocenters. The van der Waals surface area contributed by atoms with E-state index in [0.29, 0.717) is 5.91 Å². The van der Waals surface area contributed by atoms with Crippen LogP contribution in [0.2, 0.25) is 0 Å². The van der Waals surface area contributed by atoms with E-state index in [0.717, 1.165) is 51.9 Å². The van der Waals surface area contributed by atoms with Gasteiger partial charge in [0.15, 0.2) is 6.54 Å². The van der Waals surface area contributed by atoms with Crippen LogP contribution in [-0.2, 0) is 11.2 Å². The van der Waals surface area contributed by atoms with Gasteiger partial charge in [-0.1, -0.05) is 125 Å². The number of unbranched alkanes of at least 4 members (excludes halogenated alkanes) is 2. The number of aromatic nitrogens is 3. The summed E-state index contributed by atoms with van der Waals surface area (Å²) in [5, 5.41) is 0. The number of hydrogen-bond acceptors (Lipinski definition) is 4. The fourth-order valence-electron chi connectivity index (χ4n) is 3.51. The van der Waals surface area contributed by atoms with Crippen molar-refractivity contribution in [3.8, 4) is 0 Å². The van der Waals surface area contributed by atoms with E-state index in [9.17, 15) is 4.79 Å². The number of amides is 1. The third-order valence-corrected chi connectivity index (χ3v) is 5.84. The molecule has 1 fully saturated rings. The van der Waals surface area contributed by atoms with Crippen molar-refractivity contribution in [1.82, 2.24) is 19.9 Å². The second-order valence-corrected chi connectivity index (χ2v) is 9.93. The molecule has 0 aliphatic carbocycles. The Morgan fingerprint density at radius 2 is 1.54 bits per heavy atom. The number of nitrogens with zero attached hydrogens (tertiary/aromatic N) is 5. The molecule has 2 aromatic heterocycles. The van der Waals surface area contributed by atoms with Crippen molar-refractivity contribution in [3.63, 3.8) is 0 Å². The second-order valence-electron chi connectivity index (χ2n) is 9.93. The number of rotatable bonds is 7. The standard InChI is InChI=1S/C8H15NO.C8H10.C7H13N2.C6H7N.C3H4N2.C3H8.4CH4/c1-2-3-6-9-7-4-5-8(9)10;1-2-8-6-4-3-5-7-8;1-2-3-5-9-6-4-8-7-9;1-6-3-2-4-7-5-6;1-2-5-3-4-1;1-3-2;;;;/h2-7H2,1H3;3-7H,2H2,1H3;6-7H,2-5H2,1H3;2-5H,1H3;1-3H,(H,4,5);3H2,1-2H3;4*1H4/q;;+1;;;;;;;. The van der Waals surface area contributed by atoms with Crippen LogP contribution in [0.15, 0.2) is 78.6 Å². The van der Waals surface area contributed by atoms with Gasteiger partial charge in [0.1, 0.15) is 6.21 Å². The maximum Gasteiger partial charge on any atom is 0.280 e. The molecule has 2 aliphatic rings. The highest BCUT2D eigenvalue weighted by Gasteiger charge is 2.18. The highest BCUT2D eigenvalue weighted by molar-refractivity contribution is 5.78. The summed E-state index contributed by atoms with van der Waals surface area (Å²) in [6, 6.07) is 14.4. The van der Waals surface area contributed by atoms with Crippen LogP contribution in [0.4, 0.5) is 0 Å². The Balaban J connectivity index is -0.000000148. The molecule has 0 spiro atoms. The van der Waals surface area contributed by atoms with Crippen molar-refractivity contribution in [2.24, 2.45) is 4.99 Å². The number of carbonyl (C=O) groups is 1. The van der Waals surface area contributed by atoms with Gasteiger partial charge >= 0.3 is 0 Å². The summed E-state index contributed by atoms with van der Waals surface area (Å²) in [6.45, 7) is 16.8. The maximum atomic E-state index is 11.0. The number of imidazole rings is 1. The molecule has 3 aromatic rings. The van der Waals surface area contributed by atoms with Crippen molar-refractivity contribution in [3.05, 3.63) is 84.7 Å². The Morgan fingerprint density at radius 3 is 1.89 bits per heavy atom. The topological polar surface area (TPSA) is 77.2 Å². The lowest BCUT2D eigenvalue weighted by molar-refractivity contribution is -0.390. The molecule has 0 unspecified atom stereocenters. The molecule has 5 rings (SSSR count). The molecule has 1 amide bonds. The first-order chi connectivity index (χ1) is 20.5. The molecule has 1 N–H and O–H groups in total. The van der Waals surface area contributed by atoms with Crippen LogP contribution in [0.1, 0.15) is 120 Å². The van der Waals surface area contributed by atoms with Crippen molar-refractivity contribution >= 4 is 18.5 Å². The number of benzene rings is 1. The van der Waals surface area contributed by atoms with Gasteiger partial charge in [0.25, 0.3) is 6.34 Å². The Labute approximate surface area is 285 Å². The van der Waals surface area contributed by atoms with Gasteiger partial charge in [-0.15, -0.1) is 0 Å². The molecule has 0 radical (unpaired) electrons. The lowest BCUT2D eigenvalue weighted by Crippen LogP contribution is -2.25. The number of aryl methyl sites for hydroxylation is 2. The van der Waals surface area contributed by atoms with Crippen LogP contribution in [0.3, 0.4) is 0 Å². The normalized spacial score (nSPS) is 11.4. The smallest absolute Gasteiger partial charge is 0.280 e. The van der Waals surface area contributed by atoms with E-state index >= 15 is 0 Å². The van der Waals surface area contributed by atoms with Crippen molar-refractivity contribution in [1.29, 1.82) is 0 Å². The van der Waals surface area contributed by atoms with E-state index in [1.807, 2.05) is 42.6 Å². The number of nitrogens with one attached hydrogen (secondary N) is 1. The average Bonchev–Trinajstić information content (AvgIpc) is 3.83. The molecule has 7 nitrogen and oxygen atoms in total. The van der Waals surface area contributed by atoms with Gasteiger partial charge in [0.2, 0.25) is 5.91 Å². The highest BCUT2D eigenvalue weighted by Crippen LogP contribution is 2.09. The maximum absolute atomic E-state index is 11.0. The van der Waals surface area contributed by atoms with E-state index in [1.165, 1.54) is 36.8 Å². The number of aliphatic imine (C=N–C) groups is 1. The molecule has 2 aliphatic heterocycles. The summed E-state index contributed by atoms with van der Waals surface area (Å²) in [6.07, 6.45) is 21.8. The fourth-order valence-corrected chi connectivity index (χ4v) is 3.51. The number of aromatic amines is 1. The minimum Gasteiger partial charge on any atom is -0.351 e. The number of likely N-dealkylation sites (tertiary alicyclic amines) is 1. The van der Waals surface area contributed by atoms with Gasteiger partial charge in [-0.2, -0.15) is 0 Å². The average molecular weight is 642 g/mol. The second kappa shape index (κ2) is 39.4. The zero-order valence-corrected chi connectivity index (χ0v) is 27.2. The van der Waals surface area contributed by atoms with Crippen LogP contribution in [0.25, 0.3) is 0 Å². The molecular formula is C39H73N6O+. The monoisotopic (exact) mass is 642 g/mol. The van der Waals surface area contributed by atoms with Gasteiger partial charge in [0.05, 0.1) is 12.9 Å². The Hall–Kier alpha value is -3.61. The lowest BCUT2D eigenvalue weighted by Gasteiger charge is -2.13. The van der Waals surface area contributed by atoms with Crippen LogP contribution in [0, 0.1) is 6.92 Å². The SMILES string of the molecule is C.C.C.C.CCC.CCCCN1CCCC1=O.CCCC[N+]1=CCN=C1.CCc1ccccc1.Cc1cccnc1.c1c[nH]cn1. The van der Waals surface area contributed by atoms with E-state index < -0.39 is 0 Å². The number of carbonyl (C=O) groups excluding carboxylic acids is 1. The summed E-state index contributed by atoms with van der Waals surface area (Å²) < 4.78 is 2.16. The zero-order valence-electron chi connectivity index (χ0n) is 27.2. The molecule has 7 heteroatoms. The molecule has 0 saturated carbocycles. The molecule has 0 bridgehead atoms. The van der Waals surface area contributed by atoms with Crippen LogP contribution < -0.4 is 0 Å². The molecule has 1 saturated heterocycles. The minimum absolute atomic E-state index is 0. The fraction of sp³-hybridized carbons (Fsp3) is 0.564. The van der Waals surface area contributed by atoms with Crippen LogP contribution in [-0.4, -0.2) is 69.1 Å². The highest BCUT2D eigenvalue weighted by atomic mass is 16.2. The first-order valence-electron chi connectivity index (χ1n) is 15.7. The molecule has 264 valence electrons. The van der Waals surface area contributed by atoms with E-state index in [-0.39, 0.29) is 29.7 Å². The van der Waals surface area contributed by atoms with Gasteiger partial charge in [-0.05, 0) is 49.8 Å². The Morgan fingerprint density at radius 1 is 0.870 bits per heavy atom. The molecular weight excluding hydrogens is 568 g/mol. The Kier molecular flexibility index (Phi) is 44.5. The number of pyridine rings is 1. The third kappa shape index (κ3) is 31.8. The first-order valence-corrected chi connectivity index (χ1v) is 15.7. The number of H-pyrrole nitrogens is 1. The summed E-state index contributed by atoms with van der Waals surface area (Å²) >= 11 is 0. The van der Waals surface area contributed by atoms with Crippen LogP contribution >= 0.6 is 0 Å². The lowest BCUT2D eigenvalue weighted by atomic mass is 10.2.